The van der Waals surface area contributed by atoms with E-state index in [1.54, 1.807) is 74.2 Å². The largest absolute Gasteiger partial charge is 0.496 e. The van der Waals surface area contributed by atoms with Crippen LogP contribution in [0.15, 0.2) is 83.3 Å². The maximum absolute atomic E-state index is 14.7. The zero-order chi connectivity index (χ0) is 32.4. The summed E-state index contributed by atoms with van der Waals surface area (Å²) in [6.45, 7) is 5.04. The number of Topliss-reactive ketones (excluding diaryl/α,β-unsaturated/α-hetero) is 1. The van der Waals surface area contributed by atoms with Gasteiger partial charge in [0.05, 0.1) is 37.1 Å². The van der Waals surface area contributed by atoms with Gasteiger partial charge in [-0.15, -0.1) is 0 Å². The fraction of sp³-hybridized carbons (Fsp3) is 0.257. The summed E-state index contributed by atoms with van der Waals surface area (Å²) < 4.78 is 6.69. The highest BCUT2D eigenvalue weighted by Gasteiger charge is 2.43. The molecule has 1 aliphatic heterocycles. The average molecular weight is 672 g/mol. The van der Waals surface area contributed by atoms with Crippen LogP contribution in [0.25, 0.3) is 10.8 Å². The van der Waals surface area contributed by atoms with Gasteiger partial charge in [0.1, 0.15) is 11.8 Å². The number of hydrogen-bond acceptors (Lipinski definition) is 6. The molecule has 3 unspecified atom stereocenters. The predicted octanol–water partition coefficient (Wildman–Crippen LogP) is 5.49. The fourth-order valence-corrected chi connectivity index (χ4v) is 6.03. The highest BCUT2D eigenvalue weighted by molar-refractivity contribution is 9.10. The van der Waals surface area contributed by atoms with Crippen molar-refractivity contribution in [2.45, 2.75) is 45.4 Å². The molecule has 1 aliphatic rings. The minimum Gasteiger partial charge on any atom is -0.496 e. The summed E-state index contributed by atoms with van der Waals surface area (Å²) in [5.74, 6) is -0.616. The highest BCUT2D eigenvalue weighted by atomic mass is 79.9. The summed E-state index contributed by atoms with van der Waals surface area (Å²) in [6.07, 6.45) is 0. The van der Waals surface area contributed by atoms with Crippen LogP contribution in [0.4, 0.5) is 11.4 Å². The number of likely N-dealkylation sites (N-methyl/N-ethyl adjacent to an activating group) is 1. The highest BCUT2D eigenvalue weighted by Crippen LogP contribution is 2.39. The monoisotopic (exact) mass is 670 g/mol. The van der Waals surface area contributed by atoms with Crippen molar-refractivity contribution in [3.05, 3.63) is 100 Å². The minimum atomic E-state index is -1.09. The van der Waals surface area contributed by atoms with Crippen LogP contribution in [0.5, 0.6) is 5.75 Å². The quantitative estimate of drug-likeness (QED) is 0.240. The van der Waals surface area contributed by atoms with E-state index < -0.39 is 18.1 Å². The molecule has 5 rings (SSSR count). The Bertz CT molecular complexity index is 1790. The van der Waals surface area contributed by atoms with Gasteiger partial charge in [-0.1, -0.05) is 52.3 Å². The molecule has 10 heteroatoms. The Balaban J connectivity index is 1.68. The zero-order valence-electron chi connectivity index (χ0n) is 25.8. The first-order valence-electron chi connectivity index (χ1n) is 14.6. The standard InChI is InChI=1S/C35H35BrN4O5/c1-20(37-4)33(42)38-32-21(2)40(34(43)24-12-10-23(11-13-24)22(3)41)30-9-7-6-8-29(30)39(35(32)44)19-28-27-16-15-26(36)18-25(27)14-17-31(28)45-5/h6-18,20-21,32,37H,19H2,1-5H3,(H,38,42). The molecule has 1 heterocycles. The van der Waals surface area contributed by atoms with Crippen LogP contribution in [-0.2, 0) is 16.1 Å². The van der Waals surface area contributed by atoms with Gasteiger partial charge in [0.25, 0.3) is 11.8 Å². The van der Waals surface area contributed by atoms with Gasteiger partial charge >= 0.3 is 0 Å². The topological polar surface area (TPSA) is 108 Å². The Kier molecular flexibility index (Phi) is 9.36. The Morgan fingerprint density at radius 2 is 1.62 bits per heavy atom. The van der Waals surface area contributed by atoms with E-state index in [4.69, 9.17) is 4.74 Å². The number of halogens is 1. The molecule has 3 atom stereocenters. The number of rotatable bonds is 8. The zero-order valence-corrected chi connectivity index (χ0v) is 27.3. The molecule has 0 saturated heterocycles. The van der Waals surface area contributed by atoms with E-state index >= 15 is 0 Å². The smallest absolute Gasteiger partial charge is 0.258 e. The van der Waals surface area contributed by atoms with E-state index in [2.05, 4.69) is 26.6 Å². The van der Waals surface area contributed by atoms with Gasteiger partial charge in [-0.3, -0.25) is 19.2 Å². The number of ketones is 1. The number of carbonyl (C=O) groups excluding carboxylic acids is 4. The number of para-hydroxylation sites is 2. The van der Waals surface area contributed by atoms with E-state index in [-0.39, 0.29) is 30.0 Å². The molecular formula is C35H35BrN4O5. The van der Waals surface area contributed by atoms with Crippen LogP contribution < -0.4 is 25.2 Å². The lowest BCUT2D eigenvalue weighted by molar-refractivity contribution is -0.128. The second-order valence-electron chi connectivity index (χ2n) is 11.1. The van der Waals surface area contributed by atoms with Gasteiger partial charge in [-0.2, -0.15) is 0 Å². The Hall–Kier alpha value is -4.54. The summed E-state index contributed by atoms with van der Waals surface area (Å²) in [7, 11) is 3.25. The van der Waals surface area contributed by atoms with E-state index in [0.29, 0.717) is 28.3 Å². The summed E-state index contributed by atoms with van der Waals surface area (Å²) in [4.78, 5) is 57.2. The van der Waals surface area contributed by atoms with Gasteiger partial charge in [-0.25, -0.2) is 0 Å². The molecule has 0 radical (unpaired) electrons. The third-order valence-electron chi connectivity index (χ3n) is 8.32. The first-order valence-corrected chi connectivity index (χ1v) is 15.4. The van der Waals surface area contributed by atoms with Crippen molar-refractivity contribution in [1.82, 2.24) is 10.6 Å². The lowest BCUT2D eigenvalue weighted by Crippen LogP contribution is -2.59. The number of fused-ring (bicyclic) bond motifs is 2. The molecule has 0 aliphatic carbocycles. The van der Waals surface area contributed by atoms with E-state index in [9.17, 15) is 19.2 Å². The Morgan fingerprint density at radius 3 is 2.27 bits per heavy atom. The van der Waals surface area contributed by atoms with Crippen molar-refractivity contribution in [2.75, 3.05) is 24.0 Å². The van der Waals surface area contributed by atoms with Crippen molar-refractivity contribution >= 4 is 61.6 Å². The Morgan fingerprint density at radius 1 is 0.956 bits per heavy atom. The van der Waals surface area contributed by atoms with Gasteiger partial charge in [-0.05, 0) is 81.1 Å². The molecule has 3 amide bonds. The number of ether oxygens (including phenoxy) is 1. The molecule has 0 spiro atoms. The van der Waals surface area contributed by atoms with Crippen molar-refractivity contribution in [1.29, 1.82) is 0 Å². The second kappa shape index (κ2) is 13.2. The number of anilines is 2. The summed E-state index contributed by atoms with van der Waals surface area (Å²) in [5, 5.41) is 7.71. The van der Waals surface area contributed by atoms with Crippen LogP contribution in [0, 0.1) is 0 Å². The molecular weight excluding hydrogens is 636 g/mol. The molecule has 45 heavy (non-hydrogen) atoms. The number of amides is 3. The van der Waals surface area contributed by atoms with E-state index in [0.717, 1.165) is 20.8 Å². The maximum Gasteiger partial charge on any atom is 0.258 e. The van der Waals surface area contributed by atoms with Crippen LogP contribution in [0.2, 0.25) is 0 Å². The molecule has 232 valence electrons. The summed E-state index contributed by atoms with van der Waals surface area (Å²) in [6, 6.07) is 21.0. The van der Waals surface area contributed by atoms with Crippen molar-refractivity contribution < 1.29 is 23.9 Å². The maximum atomic E-state index is 14.7. The second-order valence-corrected chi connectivity index (χ2v) is 12.0. The van der Waals surface area contributed by atoms with Gasteiger partial charge in [0, 0.05) is 21.2 Å². The van der Waals surface area contributed by atoms with Crippen LogP contribution >= 0.6 is 15.9 Å². The molecule has 4 aromatic carbocycles. The number of hydrogen-bond donors (Lipinski definition) is 2. The number of methoxy groups -OCH3 is 1. The van der Waals surface area contributed by atoms with Crippen molar-refractivity contribution in [2.24, 2.45) is 0 Å². The van der Waals surface area contributed by atoms with Crippen LogP contribution in [0.1, 0.15) is 47.1 Å². The third kappa shape index (κ3) is 6.21. The summed E-state index contributed by atoms with van der Waals surface area (Å²) in [5.41, 5.74) is 2.64. The van der Waals surface area contributed by atoms with E-state index in [1.807, 2.05) is 42.5 Å². The third-order valence-corrected chi connectivity index (χ3v) is 8.81. The number of nitrogens with zero attached hydrogens (tertiary/aromatic N) is 2. The van der Waals surface area contributed by atoms with Crippen molar-refractivity contribution in [3.8, 4) is 5.75 Å². The van der Waals surface area contributed by atoms with Crippen molar-refractivity contribution in [3.63, 3.8) is 0 Å². The first-order chi connectivity index (χ1) is 21.5. The number of benzene rings is 4. The van der Waals surface area contributed by atoms with Gasteiger partial charge in [0.2, 0.25) is 5.91 Å². The SMILES string of the molecule is CNC(C)C(=O)NC1C(=O)N(Cc2c(OC)ccc3cc(Br)ccc23)c2ccccc2N(C(=O)c2ccc(C(C)=O)cc2)C1C. The molecule has 0 bridgehead atoms. The number of nitrogens with one attached hydrogen (secondary N) is 2. The van der Waals surface area contributed by atoms with Gasteiger partial charge < -0.3 is 25.2 Å². The minimum absolute atomic E-state index is 0.110. The van der Waals surface area contributed by atoms with Gasteiger partial charge in [0.15, 0.2) is 5.78 Å². The molecule has 0 aromatic heterocycles. The molecule has 9 nitrogen and oxygen atoms in total. The Labute approximate surface area is 270 Å². The predicted molar refractivity (Wildman–Crippen MR) is 179 cm³/mol. The average Bonchev–Trinajstić information content (AvgIpc) is 3.12. The number of carbonyl (C=O) groups is 4. The lowest BCUT2D eigenvalue weighted by atomic mass is 10.0. The van der Waals surface area contributed by atoms with Crippen LogP contribution in [-0.4, -0.2) is 55.8 Å². The molecule has 0 fully saturated rings. The fourth-order valence-electron chi connectivity index (χ4n) is 5.65. The molecule has 0 saturated carbocycles. The normalized spacial score (nSPS) is 17.0. The van der Waals surface area contributed by atoms with Crippen LogP contribution in [0.3, 0.4) is 0 Å². The summed E-state index contributed by atoms with van der Waals surface area (Å²) >= 11 is 3.54. The lowest BCUT2D eigenvalue weighted by Gasteiger charge is -2.32. The molecule has 4 aromatic rings. The van der Waals surface area contributed by atoms with E-state index in [1.165, 1.54) is 6.92 Å². The first kappa shape index (κ1) is 31.9. The molecule has 2 N–H and O–H groups in total.